The topological polar surface area (TPSA) is 34.1 Å². The average molecular weight is 447 g/mol. The van der Waals surface area contributed by atoms with Crippen LogP contribution in [0.2, 0.25) is 0 Å². The van der Waals surface area contributed by atoms with Crippen molar-refractivity contribution in [1.82, 2.24) is 0 Å². The predicted molar refractivity (Wildman–Crippen MR) is 112 cm³/mol. The van der Waals surface area contributed by atoms with E-state index in [4.69, 9.17) is 0 Å². The van der Waals surface area contributed by atoms with Gasteiger partial charge in [0.1, 0.15) is 0 Å². The molecule has 0 spiro atoms. The Morgan fingerprint density at radius 1 is 0.643 bits per heavy atom. The fourth-order valence-electron chi connectivity index (χ4n) is 3.03. The molecule has 2 aliphatic rings. The Bertz CT molecular complexity index is 1380. The maximum atomic E-state index is 13.5. The van der Waals surface area contributed by atoms with Crippen molar-refractivity contribution in [1.29, 1.82) is 0 Å². The van der Waals surface area contributed by atoms with Crippen LogP contribution in [0.4, 0.5) is 8.78 Å². The van der Waals surface area contributed by atoms with Gasteiger partial charge >= 0.3 is 0 Å². The van der Waals surface area contributed by atoms with Crippen molar-refractivity contribution in [3.8, 4) is 0 Å². The molecule has 1 aromatic carbocycles. The van der Waals surface area contributed by atoms with Crippen LogP contribution in [0, 0.1) is 20.7 Å². The highest BCUT2D eigenvalue weighted by Crippen LogP contribution is 2.38. The fraction of sp³-hybridized carbons (Fsp3) is 0. The van der Waals surface area contributed by atoms with E-state index in [2.05, 4.69) is 6.07 Å². The number of halogens is 2. The smallest absolute Gasteiger partial charge is 0.199 e. The quantitative estimate of drug-likeness (QED) is 0.505. The summed E-state index contributed by atoms with van der Waals surface area (Å²) < 4.78 is 31.9. The molecule has 28 heavy (non-hydrogen) atoms. The Morgan fingerprint density at radius 3 is 1.68 bits per heavy atom. The van der Waals surface area contributed by atoms with Crippen LogP contribution in [0.3, 0.4) is 0 Å². The van der Waals surface area contributed by atoms with Crippen molar-refractivity contribution in [3.05, 3.63) is 88.1 Å². The van der Waals surface area contributed by atoms with Crippen LogP contribution in [0.15, 0.2) is 47.2 Å². The molecule has 2 nitrogen and oxygen atoms in total. The zero-order valence-corrected chi connectivity index (χ0v) is 17.1. The number of Topliss-reactive ketones (excluding diaryl/α,β-unsaturated/α-hetero) is 2. The summed E-state index contributed by atoms with van der Waals surface area (Å²) in [4.78, 5) is 25.3. The van der Waals surface area contributed by atoms with Crippen molar-refractivity contribution in [2.45, 2.75) is 0 Å². The molecule has 8 heteroatoms. The van der Waals surface area contributed by atoms with Crippen molar-refractivity contribution in [2.75, 3.05) is 0 Å². The molecule has 138 valence electrons. The first kappa shape index (κ1) is 18.1. The Hall–Kier alpha value is -2.00. The fourth-order valence-corrected chi connectivity index (χ4v) is 7.16. The van der Waals surface area contributed by atoms with Gasteiger partial charge in [-0.1, -0.05) is 23.5 Å². The lowest BCUT2D eigenvalue weighted by Crippen LogP contribution is -2.10. The van der Waals surface area contributed by atoms with E-state index in [0.29, 0.717) is 4.53 Å². The van der Waals surface area contributed by atoms with Crippen LogP contribution in [0.5, 0.6) is 0 Å². The number of carbonyl (C=O) groups is 2. The second kappa shape index (κ2) is 6.81. The van der Waals surface area contributed by atoms with Gasteiger partial charge in [0, 0.05) is 29.3 Å². The summed E-state index contributed by atoms with van der Waals surface area (Å²) in [5.74, 6) is -3.37. The minimum atomic E-state index is -1.13. The molecule has 2 aromatic heterocycles. The Balaban J connectivity index is 1.70. The Morgan fingerprint density at radius 2 is 1.11 bits per heavy atom. The van der Waals surface area contributed by atoms with E-state index in [9.17, 15) is 18.4 Å². The van der Waals surface area contributed by atoms with Crippen LogP contribution < -0.4 is 9.06 Å². The van der Waals surface area contributed by atoms with Gasteiger partial charge in [-0.05, 0) is 47.2 Å². The maximum absolute atomic E-state index is 13.5. The van der Waals surface area contributed by atoms with E-state index in [1.165, 1.54) is 20.1 Å². The number of hydrogen-bond acceptors (Lipinski definition) is 6. The summed E-state index contributed by atoms with van der Waals surface area (Å²) in [5, 5.41) is 4.08. The van der Waals surface area contributed by atoms with E-state index in [1.54, 1.807) is 40.9 Å². The zero-order valence-electron chi connectivity index (χ0n) is 13.8. The van der Waals surface area contributed by atoms with Gasteiger partial charge in [0.15, 0.2) is 23.2 Å². The molecule has 0 radical (unpaired) electrons. The van der Waals surface area contributed by atoms with E-state index >= 15 is 0 Å². The van der Waals surface area contributed by atoms with E-state index < -0.39 is 23.2 Å². The number of rotatable bonds is 0. The monoisotopic (exact) mass is 446 g/mol. The number of thioether (sulfide) groups is 2. The minimum Gasteiger partial charge on any atom is -0.288 e. The third-order valence-corrected chi connectivity index (χ3v) is 9.13. The van der Waals surface area contributed by atoms with Crippen LogP contribution in [-0.2, 0) is 0 Å². The lowest BCUT2D eigenvalue weighted by molar-refractivity contribution is 0.102. The summed E-state index contributed by atoms with van der Waals surface area (Å²) in [6, 6.07) is 9.27. The van der Waals surface area contributed by atoms with Gasteiger partial charge in [-0.2, -0.15) is 0 Å². The van der Waals surface area contributed by atoms with Crippen molar-refractivity contribution >= 4 is 67.6 Å². The van der Waals surface area contributed by atoms with Gasteiger partial charge in [-0.3, -0.25) is 9.59 Å². The number of thiophene rings is 2. The van der Waals surface area contributed by atoms with Crippen molar-refractivity contribution < 1.29 is 18.4 Å². The molecule has 5 rings (SSSR count). The molecular formula is C20H8F2O2S4. The largest absolute Gasteiger partial charge is 0.288 e. The Labute approximate surface area is 173 Å². The summed E-state index contributed by atoms with van der Waals surface area (Å²) >= 11 is 6.34. The third-order valence-electron chi connectivity index (χ3n) is 4.31. The summed E-state index contributed by atoms with van der Waals surface area (Å²) in [5.41, 5.74) is -0.175. The third kappa shape index (κ3) is 2.83. The molecule has 0 bridgehead atoms. The van der Waals surface area contributed by atoms with E-state index in [1.807, 2.05) is 22.9 Å². The highest BCUT2D eigenvalue weighted by molar-refractivity contribution is 8.34. The molecule has 0 atom stereocenters. The van der Waals surface area contributed by atoms with Gasteiger partial charge < -0.3 is 0 Å². The first-order chi connectivity index (χ1) is 13.5. The molecule has 0 N–H and O–H groups in total. The highest BCUT2D eigenvalue weighted by Gasteiger charge is 2.35. The first-order valence-corrected chi connectivity index (χ1v) is 11.4. The number of carbonyl (C=O) groups excluding carboxylic acids is 2. The van der Waals surface area contributed by atoms with Gasteiger partial charge in [0.25, 0.3) is 0 Å². The molecule has 0 unspecified atom stereocenters. The molecule has 1 aliphatic heterocycles. The van der Waals surface area contributed by atoms with Gasteiger partial charge in [0.2, 0.25) is 0 Å². The predicted octanol–water partition coefficient (Wildman–Crippen LogP) is 4.62. The molecule has 1 aliphatic carbocycles. The van der Waals surface area contributed by atoms with Gasteiger partial charge in [-0.15, -0.1) is 22.7 Å². The summed E-state index contributed by atoms with van der Waals surface area (Å²) in [6.45, 7) is 0. The molecular weight excluding hydrogens is 438 g/mol. The first-order valence-electron chi connectivity index (χ1n) is 8.04. The highest BCUT2D eigenvalue weighted by atomic mass is 32.2. The normalized spacial score (nSPS) is 17.1. The summed E-state index contributed by atoms with van der Waals surface area (Å²) in [7, 11) is 0. The van der Waals surface area contributed by atoms with E-state index in [0.717, 1.165) is 21.2 Å². The van der Waals surface area contributed by atoms with Crippen molar-refractivity contribution in [2.24, 2.45) is 0 Å². The number of ketones is 2. The van der Waals surface area contributed by atoms with Crippen LogP contribution in [0.1, 0.15) is 20.7 Å². The van der Waals surface area contributed by atoms with Crippen LogP contribution >= 0.6 is 46.2 Å². The standard InChI is InChI=1S/C20H8F2O2S4/c21-11-7-9-10(8-12(11)22)19(24)17(18(9)23)15-3-1-13(27-15)14-2-4-16(28-14)20-25-5-6-26-20/h1-8H/b14-13+. The number of fused-ring (bicyclic) bond motifs is 1. The van der Waals surface area contributed by atoms with Gasteiger partial charge in [-0.25, -0.2) is 8.78 Å². The maximum Gasteiger partial charge on any atom is 0.199 e. The second-order valence-corrected chi connectivity index (χ2v) is 10.2. The van der Waals surface area contributed by atoms with Gasteiger partial charge in [0.05, 0.1) is 9.81 Å². The average Bonchev–Trinajstić information content (AvgIpc) is 3.45. The SMILES string of the molecule is O=C1C(=c2cc/c(=c3/ccc(=C4SC=CS4)s3)s2)C(=O)c2cc(F)c(F)cc21. The molecule has 0 fully saturated rings. The lowest BCUT2D eigenvalue weighted by Gasteiger charge is -1.96. The number of hydrogen-bond donors (Lipinski definition) is 0. The van der Waals surface area contributed by atoms with Crippen LogP contribution in [-0.4, -0.2) is 11.6 Å². The molecule has 0 saturated carbocycles. The zero-order chi connectivity index (χ0) is 19.4. The lowest BCUT2D eigenvalue weighted by atomic mass is 10.1. The molecule has 3 heterocycles. The number of benzene rings is 1. The van der Waals surface area contributed by atoms with E-state index in [-0.39, 0.29) is 16.7 Å². The van der Waals surface area contributed by atoms with Crippen molar-refractivity contribution in [3.63, 3.8) is 0 Å². The van der Waals surface area contributed by atoms with Crippen LogP contribution in [0.25, 0.3) is 9.81 Å². The molecule has 3 aromatic rings. The molecule has 0 saturated heterocycles. The Kier molecular flexibility index (Phi) is 4.39. The molecule has 0 amide bonds. The summed E-state index contributed by atoms with van der Waals surface area (Å²) in [6.07, 6.45) is 0. The second-order valence-electron chi connectivity index (χ2n) is 5.97. The minimum absolute atomic E-state index is 0.0199.